The smallest absolute Gasteiger partial charge is 0.276 e. The van der Waals surface area contributed by atoms with E-state index in [1.807, 2.05) is 18.7 Å². The van der Waals surface area contributed by atoms with Crippen molar-refractivity contribution in [1.29, 1.82) is 0 Å². The number of halogens is 3. The van der Waals surface area contributed by atoms with Crippen LogP contribution in [0.4, 0.5) is 21.6 Å². The Hall–Kier alpha value is -6.66. The quantitative estimate of drug-likeness (QED) is 0.0646. The molecule has 0 spiro atoms. The summed E-state index contributed by atoms with van der Waals surface area (Å²) < 4.78 is 20.0. The fourth-order valence-electron chi connectivity index (χ4n) is 8.40. The van der Waals surface area contributed by atoms with E-state index in [1.165, 1.54) is 12.1 Å². The number of amides is 7. The summed E-state index contributed by atoms with van der Waals surface area (Å²) in [5.74, 6) is -3.93. The molecule has 2 unspecified atom stereocenters. The van der Waals surface area contributed by atoms with E-state index in [2.05, 4.69) is 26.1 Å². The molecular formula is C45H46Cl2FN9O8. The fourth-order valence-corrected chi connectivity index (χ4v) is 9.08. The Morgan fingerprint density at radius 3 is 2.38 bits per heavy atom. The average Bonchev–Trinajstić information content (AvgIpc) is 3.52. The summed E-state index contributed by atoms with van der Waals surface area (Å²) in [5.41, 5.74) is 7.66. The second-order valence-electron chi connectivity index (χ2n) is 16.1. The standard InChI is InChI=1S/C45H46Cl2FN9O8/c1-23-21-55(43(62)26-11-13-27(14-12-26)51-41(60)32-20-34(40(49)54-53-32)65-25(3)37-29(46)15-16-30(48)39(37)47)22-24(2)56(23)36(59)10-5-4-6-19-50-31-9-7-8-28-38(31)45(64)57(44(28)63)33-17-18-35(58)52-42(33)61/h7-9,11-16,20,23-25,33,50H,4-6,10,17-19,21-22H2,1-3H3,(H2,49,54)(H,51,60)(H,52,58,61)/t23-,24+,25?,33?. The summed E-state index contributed by atoms with van der Waals surface area (Å²) in [6.45, 7) is 6.54. The number of anilines is 3. The number of carbonyl (C=O) groups excluding carboxylic acids is 7. The Morgan fingerprint density at radius 1 is 0.954 bits per heavy atom. The van der Waals surface area contributed by atoms with Gasteiger partial charge in [0.15, 0.2) is 17.3 Å². The topological polar surface area (TPSA) is 226 Å². The maximum Gasteiger partial charge on any atom is 0.276 e. The van der Waals surface area contributed by atoms with Crippen LogP contribution in [0.2, 0.25) is 10.0 Å². The lowest BCUT2D eigenvalue weighted by Crippen LogP contribution is -2.59. The van der Waals surface area contributed by atoms with Crippen LogP contribution in [0.1, 0.15) is 113 Å². The number of nitrogens with two attached hydrogens (primary N) is 1. The average molecular weight is 931 g/mol. The van der Waals surface area contributed by atoms with Gasteiger partial charge in [0.25, 0.3) is 23.6 Å². The molecule has 20 heteroatoms. The number of hydrogen-bond donors (Lipinski definition) is 4. The van der Waals surface area contributed by atoms with E-state index in [9.17, 15) is 38.0 Å². The summed E-state index contributed by atoms with van der Waals surface area (Å²) in [6, 6.07) is 13.5. The van der Waals surface area contributed by atoms with E-state index >= 15 is 0 Å². The van der Waals surface area contributed by atoms with Gasteiger partial charge in [-0.05, 0) is 88.6 Å². The highest BCUT2D eigenvalue weighted by Gasteiger charge is 2.45. The molecule has 3 aliphatic rings. The number of fused-ring (bicyclic) bond motifs is 1. The summed E-state index contributed by atoms with van der Waals surface area (Å²) in [4.78, 5) is 95.2. The Kier molecular flexibility index (Phi) is 14.0. The van der Waals surface area contributed by atoms with Gasteiger partial charge in [-0.3, -0.25) is 43.8 Å². The molecule has 0 radical (unpaired) electrons. The highest BCUT2D eigenvalue weighted by molar-refractivity contribution is 6.36. The van der Waals surface area contributed by atoms with E-state index in [1.54, 1.807) is 54.3 Å². The van der Waals surface area contributed by atoms with Crippen molar-refractivity contribution >= 4 is 81.7 Å². The minimum Gasteiger partial charge on any atom is -0.482 e. The van der Waals surface area contributed by atoms with Crippen LogP contribution in [0, 0.1) is 5.82 Å². The monoisotopic (exact) mass is 929 g/mol. The summed E-state index contributed by atoms with van der Waals surface area (Å²) >= 11 is 12.4. The summed E-state index contributed by atoms with van der Waals surface area (Å²) in [5, 5.41) is 15.8. The second kappa shape index (κ2) is 19.6. The molecule has 0 aliphatic carbocycles. The molecule has 2 fully saturated rings. The van der Waals surface area contributed by atoms with Gasteiger partial charge in [-0.15, -0.1) is 10.2 Å². The molecule has 65 heavy (non-hydrogen) atoms. The highest BCUT2D eigenvalue weighted by atomic mass is 35.5. The third kappa shape index (κ3) is 9.88. The Labute approximate surface area is 383 Å². The Balaban J connectivity index is 0.857. The number of aromatic nitrogens is 2. The normalized spacial score (nSPS) is 18.9. The molecule has 340 valence electrons. The maximum absolute atomic E-state index is 14.1. The summed E-state index contributed by atoms with van der Waals surface area (Å²) in [7, 11) is 0. The molecule has 3 aliphatic heterocycles. The van der Waals surface area contributed by atoms with E-state index < -0.39 is 47.5 Å². The largest absolute Gasteiger partial charge is 0.482 e. The number of rotatable bonds is 14. The summed E-state index contributed by atoms with van der Waals surface area (Å²) in [6.07, 6.45) is 1.58. The molecule has 7 amide bonds. The minimum absolute atomic E-state index is 0.00133. The van der Waals surface area contributed by atoms with Gasteiger partial charge in [0.2, 0.25) is 17.7 Å². The van der Waals surface area contributed by atoms with Crippen molar-refractivity contribution in [3.63, 3.8) is 0 Å². The molecule has 4 heterocycles. The van der Waals surface area contributed by atoms with Crippen LogP contribution in [0.3, 0.4) is 0 Å². The van der Waals surface area contributed by atoms with Gasteiger partial charge in [0.1, 0.15) is 18.0 Å². The van der Waals surface area contributed by atoms with Crippen LogP contribution in [0.15, 0.2) is 60.7 Å². The number of nitrogens with one attached hydrogen (secondary N) is 3. The van der Waals surface area contributed by atoms with Gasteiger partial charge >= 0.3 is 0 Å². The molecule has 7 rings (SSSR count). The minimum atomic E-state index is -1.05. The molecule has 0 saturated carbocycles. The molecule has 0 bridgehead atoms. The Bertz CT molecular complexity index is 2570. The lowest BCUT2D eigenvalue weighted by molar-refractivity contribution is -0.139. The molecule has 3 aromatic carbocycles. The number of nitrogens with zero attached hydrogens (tertiary/aromatic N) is 5. The number of piperidine rings is 1. The number of ether oxygens (including phenoxy) is 1. The first-order valence-corrected chi connectivity index (χ1v) is 21.8. The predicted octanol–water partition coefficient (Wildman–Crippen LogP) is 6.03. The van der Waals surface area contributed by atoms with Crippen LogP contribution >= 0.6 is 23.2 Å². The van der Waals surface area contributed by atoms with Crippen molar-refractivity contribution in [3.8, 4) is 5.75 Å². The first-order chi connectivity index (χ1) is 31.0. The number of nitrogen functional groups attached to an aromatic ring is 1. The second-order valence-corrected chi connectivity index (χ2v) is 16.9. The molecular weight excluding hydrogens is 884 g/mol. The zero-order chi connectivity index (χ0) is 46.7. The molecule has 17 nitrogen and oxygen atoms in total. The number of unbranched alkanes of at least 4 members (excludes halogenated alkanes) is 2. The van der Waals surface area contributed by atoms with Gasteiger partial charge in [-0.1, -0.05) is 35.7 Å². The van der Waals surface area contributed by atoms with E-state index in [0.717, 1.165) is 11.0 Å². The van der Waals surface area contributed by atoms with Crippen LogP contribution in [0.25, 0.3) is 0 Å². The van der Waals surface area contributed by atoms with E-state index in [-0.39, 0.29) is 80.7 Å². The molecule has 1 aromatic heterocycles. The zero-order valence-electron chi connectivity index (χ0n) is 35.7. The number of piperazine rings is 1. The first kappa shape index (κ1) is 46.3. The van der Waals surface area contributed by atoms with Crippen LogP contribution in [-0.2, 0) is 14.4 Å². The maximum atomic E-state index is 14.1. The third-order valence-electron chi connectivity index (χ3n) is 11.5. The first-order valence-electron chi connectivity index (χ1n) is 21.1. The van der Waals surface area contributed by atoms with Gasteiger partial charge < -0.3 is 30.9 Å². The van der Waals surface area contributed by atoms with Gasteiger partial charge in [-0.25, -0.2) is 4.39 Å². The SMILES string of the molecule is CC(Oc1cc(C(=O)Nc2ccc(C(=O)N3C[C@@H](C)N(C(=O)CCCCCNc4cccc5c4C(=O)N(C4CCC(=O)NC4=O)C5=O)[C@@H](C)C3)cc2)nnc1N)c1c(Cl)ccc(F)c1Cl. The number of hydrogen-bond acceptors (Lipinski definition) is 12. The van der Waals surface area contributed by atoms with Crippen molar-refractivity contribution in [2.75, 3.05) is 36.0 Å². The predicted molar refractivity (Wildman–Crippen MR) is 238 cm³/mol. The lowest BCUT2D eigenvalue weighted by atomic mass is 10.0. The number of benzene rings is 3. The highest BCUT2D eigenvalue weighted by Crippen LogP contribution is 2.36. The zero-order valence-corrected chi connectivity index (χ0v) is 37.2. The van der Waals surface area contributed by atoms with Crippen molar-refractivity contribution in [1.82, 2.24) is 30.2 Å². The van der Waals surface area contributed by atoms with Crippen molar-refractivity contribution < 1.29 is 42.7 Å². The van der Waals surface area contributed by atoms with Crippen LogP contribution in [-0.4, -0.2) is 104 Å². The van der Waals surface area contributed by atoms with E-state index in [4.69, 9.17) is 33.7 Å². The van der Waals surface area contributed by atoms with Gasteiger partial charge in [0.05, 0.1) is 16.1 Å². The van der Waals surface area contributed by atoms with Crippen LogP contribution in [0.5, 0.6) is 5.75 Å². The Morgan fingerprint density at radius 2 is 1.68 bits per heavy atom. The number of imide groups is 2. The van der Waals surface area contributed by atoms with Crippen LogP contribution < -0.4 is 26.4 Å². The number of carbonyl (C=O) groups is 7. The molecule has 5 N–H and O–H groups in total. The van der Waals surface area contributed by atoms with Gasteiger partial charge in [0, 0.05) is 78.2 Å². The van der Waals surface area contributed by atoms with E-state index in [0.29, 0.717) is 62.3 Å². The lowest BCUT2D eigenvalue weighted by Gasteiger charge is -2.44. The molecule has 4 atom stereocenters. The van der Waals surface area contributed by atoms with Crippen molar-refractivity contribution in [2.24, 2.45) is 0 Å². The molecule has 2 saturated heterocycles. The van der Waals surface area contributed by atoms with Gasteiger partial charge in [-0.2, -0.15) is 0 Å². The van der Waals surface area contributed by atoms with Crippen molar-refractivity contribution in [2.45, 2.75) is 83.5 Å². The fraction of sp³-hybridized carbons (Fsp3) is 0.356. The third-order valence-corrected chi connectivity index (χ3v) is 12.3. The van der Waals surface area contributed by atoms with Crippen molar-refractivity contribution in [3.05, 3.63) is 104 Å². The molecule has 4 aromatic rings.